The van der Waals surface area contributed by atoms with E-state index in [0.29, 0.717) is 0 Å². The molecule has 0 aliphatic rings. The van der Waals surface area contributed by atoms with E-state index in [1.165, 1.54) is 43.4 Å². The van der Waals surface area contributed by atoms with Crippen molar-refractivity contribution in [3.05, 3.63) is 325 Å². The summed E-state index contributed by atoms with van der Waals surface area (Å²) in [5.74, 6) is 0. The van der Waals surface area contributed by atoms with Gasteiger partial charge < -0.3 is 9.80 Å². The Morgan fingerprint density at radius 2 is 0.444 bits per heavy atom. The van der Waals surface area contributed by atoms with Crippen molar-refractivity contribution < 1.29 is 0 Å². The molecule has 0 radical (unpaired) electrons. The zero-order valence-electron chi connectivity index (χ0n) is 39.8. The Bertz CT molecular complexity index is 3510. The van der Waals surface area contributed by atoms with E-state index in [1.54, 1.807) is 0 Å². The largest absolute Gasteiger partial charge is 0.311 e. The van der Waals surface area contributed by atoms with E-state index in [2.05, 4.69) is 313 Å². The molecule has 0 atom stereocenters. The Morgan fingerprint density at radius 3 is 0.750 bits per heavy atom. The molecule has 0 N–H and O–H groups in total. The molecule has 0 bridgehead atoms. The maximum Gasteiger partial charge on any atom is 0.0462 e. The second-order valence-electron chi connectivity index (χ2n) is 18.1. The predicted octanol–water partition coefficient (Wildman–Crippen LogP) is 19.3. The quantitative estimate of drug-likeness (QED) is 0.0890. The van der Waals surface area contributed by atoms with Crippen LogP contribution in [-0.4, -0.2) is 0 Å². The monoisotopic (exact) mass is 918 g/mol. The summed E-state index contributed by atoms with van der Waals surface area (Å²) in [5, 5.41) is 7.31. The van der Waals surface area contributed by atoms with Gasteiger partial charge in [0.2, 0.25) is 0 Å². The summed E-state index contributed by atoms with van der Waals surface area (Å²) in [6, 6.07) is 105. The van der Waals surface area contributed by atoms with Gasteiger partial charge in [-0.05, 0) is 174 Å². The molecule has 0 spiro atoms. The number of fused-ring (bicyclic) bond motifs is 5. The number of hydrogen-bond acceptors (Lipinski definition) is 2. The van der Waals surface area contributed by atoms with Gasteiger partial charge in [0.25, 0.3) is 0 Å². The first-order valence-electron chi connectivity index (χ1n) is 24.7. The van der Waals surface area contributed by atoms with Crippen LogP contribution in [-0.2, 0) is 0 Å². The van der Waals surface area contributed by atoms with E-state index < -0.39 is 0 Å². The van der Waals surface area contributed by atoms with Crippen LogP contribution in [0.1, 0.15) is 33.4 Å². The summed E-state index contributed by atoms with van der Waals surface area (Å²) in [6.07, 6.45) is 4.80. The molecule has 12 rings (SSSR count). The van der Waals surface area contributed by atoms with Crippen molar-refractivity contribution in [3.8, 4) is 0 Å². The second kappa shape index (κ2) is 19.8. The molecule has 0 heterocycles. The SMILES string of the molecule is C(=C(c1ccccc1)c1ccc(N(c2ccccc2)c2ccccc2)cc1)c1cc2c3ccccc3c(/C=C(/c3ccccc3)c3ccc(N(c4ccccc4)c4ccccc4)cc3)cc2c2ccccc12. The Kier molecular flexibility index (Phi) is 12.1. The van der Waals surface area contributed by atoms with E-state index in [1.807, 2.05) is 0 Å². The fraction of sp³-hybridized carbons (Fsp3) is 0. The number of rotatable bonds is 12. The Hall–Kier alpha value is -9.50. The first-order valence-corrected chi connectivity index (χ1v) is 24.7. The summed E-state index contributed by atoms with van der Waals surface area (Å²) in [4.78, 5) is 4.62. The lowest BCUT2D eigenvalue weighted by atomic mass is 9.88. The minimum absolute atomic E-state index is 1.10. The molecule has 12 aromatic rings. The molecule has 2 nitrogen and oxygen atoms in total. The predicted molar refractivity (Wildman–Crippen MR) is 308 cm³/mol. The third kappa shape index (κ3) is 8.75. The van der Waals surface area contributed by atoms with Crippen LogP contribution < -0.4 is 9.80 Å². The van der Waals surface area contributed by atoms with Gasteiger partial charge in [0.15, 0.2) is 0 Å². The summed E-state index contributed by atoms with van der Waals surface area (Å²) in [6.45, 7) is 0. The van der Waals surface area contributed by atoms with Gasteiger partial charge >= 0.3 is 0 Å². The third-order valence-corrected chi connectivity index (χ3v) is 13.6. The first-order chi connectivity index (χ1) is 35.7. The van der Waals surface area contributed by atoms with Crippen LogP contribution in [0.4, 0.5) is 34.1 Å². The van der Waals surface area contributed by atoms with Gasteiger partial charge in [-0.3, -0.25) is 0 Å². The molecule has 0 aromatic heterocycles. The smallest absolute Gasteiger partial charge is 0.0462 e. The molecule has 0 saturated heterocycles. The van der Waals surface area contributed by atoms with Crippen LogP contribution in [0.25, 0.3) is 55.6 Å². The van der Waals surface area contributed by atoms with Crippen LogP contribution in [0, 0.1) is 0 Å². The number of benzene rings is 12. The van der Waals surface area contributed by atoms with Crippen molar-refractivity contribution in [2.75, 3.05) is 9.80 Å². The number of nitrogens with zero attached hydrogens (tertiary/aromatic N) is 2. The average molecular weight is 919 g/mol. The summed E-state index contributed by atoms with van der Waals surface area (Å²) in [5.41, 5.74) is 16.0. The van der Waals surface area contributed by atoms with E-state index in [-0.39, 0.29) is 0 Å². The van der Waals surface area contributed by atoms with E-state index >= 15 is 0 Å². The Labute approximate surface area is 422 Å². The minimum atomic E-state index is 1.10. The van der Waals surface area contributed by atoms with Crippen molar-refractivity contribution in [1.82, 2.24) is 0 Å². The van der Waals surface area contributed by atoms with Gasteiger partial charge in [-0.15, -0.1) is 0 Å². The lowest BCUT2D eigenvalue weighted by Gasteiger charge is -2.25. The lowest BCUT2D eigenvalue weighted by molar-refractivity contribution is 1.28. The van der Waals surface area contributed by atoms with E-state index in [9.17, 15) is 0 Å². The van der Waals surface area contributed by atoms with Gasteiger partial charge in [-0.1, -0.05) is 206 Å². The van der Waals surface area contributed by atoms with Crippen molar-refractivity contribution in [2.45, 2.75) is 0 Å². The molecular formula is C70H50N2. The maximum absolute atomic E-state index is 2.42. The summed E-state index contributed by atoms with van der Waals surface area (Å²) >= 11 is 0. The highest BCUT2D eigenvalue weighted by molar-refractivity contribution is 6.22. The topological polar surface area (TPSA) is 6.48 Å². The van der Waals surface area contributed by atoms with E-state index in [0.717, 1.165) is 67.5 Å². The fourth-order valence-corrected chi connectivity index (χ4v) is 10.2. The maximum atomic E-state index is 2.42. The van der Waals surface area contributed by atoms with Gasteiger partial charge in [0.1, 0.15) is 0 Å². The molecular weight excluding hydrogens is 869 g/mol. The van der Waals surface area contributed by atoms with Crippen molar-refractivity contribution >= 4 is 89.7 Å². The molecule has 0 aliphatic heterocycles. The normalized spacial score (nSPS) is 11.8. The molecule has 0 fully saturated rings. The van der Waals surface area contributed by atoms with Crippen LogP contribution in [0.5, 0.6) is 0 Å². The molecule has 72 heavy (non-hydrogen) atoms. The van der Waals surface area contributed by atoms with E-state index in [4.69, 9.17) is 0 Å². The van der Waals surface area contributed by atoms with Gasteiger partial charge in [0.05, 0.1) is 0 Å². The van der Waals surface area contributed by atoms with Crippen LogP contribution in [0.3, 0.4) is 0 Å². The minimum Gasteiger partial charge on any atom is -0.311 e. The van der Waals surface area contributed by atoms with Crippen LogP contribution in [0.15, 0.2) is 291 Å². The standard InChI is InChI=1S/C70H50N2/c1-7-23-51(24-8-1)67(53-39-43-61(44-40-53)71(57-27-11-3-12-28-57)58-29-13-4-14-30-58)47-55-49-69-66-38-22-20-36-64(66)56(50-70(69)65-37-21-19-35-63(55)65)48-68(52-25-9-2-10-26-52)54-41-45-62(46-42-54)72(59-31-15-5-16-32-59)60-33-17-6-18-34-60/h1-50H/b67-47-,68-48?. The molecule has 0 amide bonds. The van der Waals surface area contributed by atoms with Crippen molar-refractivity contribution in [2.24, 2.45) is 0 Å². The Balaban J connectivity index is 0.993. The average Bonchev–Trinajstić information content (AvgIpc) is 3.46. The molecule has 0 aliphatic carbocycles. The molecule has 12 aromatic carbocycles. The summed E-state index contributed by atoms with van der Waals surface area (Å²) < 4.78 is 0. The molecule has 340 valence electrons. The zero-order chi connectivity index (χ0) is 48.1. The second-order valence-corrected chi connectivity index (χ2v) is 18.1. The highest BCUT2D eigenvalue weighted by atomic mass is 15.1. The third-order valence-electron chi connectivity index (χ3n) is 13.6. The lowest BCUT2D eigenvalue weighted by Crippen LogP contribution is -2.09. The molecule has 0 saturated carbocycles. The van der Waals surface area contributed by atoms with Crippen LogP contribution in [0.2, 0.25) is 0 Å². The van der Waals surface area contributed by atoms with Gasteiger partial charge in [-0.25, -0.2) is 0 Å². The molecule has 0 unspecified atom stereocenters. The van der Waals surface area contributed by atoms with Crippen molar-refractivity contribution in [3.63, 3.8) is 0 Å². The van der Waals surface area contributed by atoms with Gasteiger partial charge in [0, 0.05) is 34.1 Å². The molecule has 2 heteroatoms. The van der Waals surface area contributed by atoms with Crippen LogP contribution >= 0.6 is 0 Å². The fourth-order valence-electron chi connectivity index (χ4n) is 10.2. The summed E-state index contributed by atoms with van der Waals surface area (Å²) in [7, 11) is 0. The Morgan fingerprint density at radius 1 is 0.208 bits per heavy atom. The number of hydrogen-bond donors (Lipinski definition) is 0. The highest BCUT2D eigenvalue weighted by Crippen LogP contribution is 2.42. The van der Waals surface area contributed by atoms with Crippen molar-refractivity contribution in [1.29, 1.82) is 0 Å². The number of anilines is 6. The number of para-hydroxylation sites is 4. The zero-order valence-corrected chi connectivity index (χ0v) is 39.8. The first kappa shape index (κ1) is 43.8. The van der Waals surface area contributed by atoms with Gasteiger partial charge in [-0.2, -0.15) is 0 Å². The highest BCUT2D eigenvalue weighted by Gasteiger charge is 2.18.